The minimum atomic E-state index is -1.45. The number of amides is 1. The molecule has 5 heterocycles. The molecule has 1 atom stereocenters. The van der Waals surface area contributed by atoms with Gasteiger partial charge in [-0.25, -0.2) is 14.0 Å². The molecule has 0 bridgehead atoms. The molecule has 12 heteroatoms. The van der Waals surface area contributed by atoms with E-state index < -0.39 is 22.9 Å². The van der Waals surface area contributed by atoms with Gasteiger partial charge in [-0.05, 0) is 46.6 Å². The Morgan fingerprint density at radius 3 is 2.56 bits per heavy atom. The lowest BCUT2D eigenvalue weighted by molar-refractivity contribution is -0.138. The molecule has 2 aliphatic heterocycles. The van der Waals surface area contributed by atoms with Crippen molar-refractivity contribution in [2.24, 2.45) is 0 Å². The molecule has 0 N–H and O–H groups in total. The number of carbonyl (C=O) groups is 1. The molecule has 3 aromatic rings. The summed E-state index contributed by atoms with van der Waals surface area (Å²) in [6.45, 7) is 13.0. The number of carbonyl (C=O) groups excluding carboxylic acids is 1. The van der Waals surface area contributed by atoms with Crippen LogP contribution in [0.2, 0.25) is 0 Å². The Bertz CT molecular complexity index is 1680. The zero-order valence-corrected chi connectivity index (χ0v) is 26.2. The van der Waals surface area contributed by atoms with Crippen LogP contribution in [0.5, 0.6) is 0 Å². The molecule has 0 unspecified atom stereocenters. The van der Waals surface area contributed by atoms with Crippen molar-refractivity contribution in [2.45, 2.75) is 64.8 Å². The number of hydrogen-bond acceptors (Lipinski definition) is 8. The smallest absolute Gasteiger partial charge is 0.333 e. The average molecular weight is 610 g/mol. The Morgan fingerprint density at radius 2 is 1.95 bits per heavy atom. The number of aromatic nitrogens is 4. The molecule has 0 aliphatic carbocycles. The maximum atomic E-state index is 14.5. The molecular formula is C31H39N5O6S. The summed E-state index contributed by atoms with van der Waals surface area (Å²) in [6.07, 6.45) is 9.65. The predicted octanol–water partition coefficient (Wildman–Crippen LogP) is 3.52. The van der Waals surface area contributed by atoms with E-state index in [0.717, 1.165) is 4.57 Å². The molecule has 230 valence electrons. The van der Waals surface area contributed by atoms with Gasteiger partial charge in [0.05, 0.1) is 30.9 Å². The van der Waals surface area contributed by atoms with Crippen LogP contribution in [0.1, 0.15) is 39.2 Å². The number of ether oxygens (including phenoxy) is 3. The summed E-state index contributed by atoms with van der Waals surface area (Å²) in [5, 5.41) is 5.46. The summed E-state index contributed by atoms with van der Waals surface area (Å²) in [7, 11) is 1.58. The molecule has 5 rings (SSSR count). The standard InChI is InChI=1S/C31H39N5O6S/c1-7-23(21(3)40-6)24(42-22-11-17-41-18-12-22)19-34-28-25(20(2)27(43-28)35-16-10-13-32-35)26(37)36(30(34)39)31(4,5)29(38)33-14-8-9-15-33/h7-10,13,16,22,24H,1,11-12,14-15,17-19H2,2-6H3/b23-21-/t24-/m0/s1. The van der Waals surface area contributed by atoms with Crippen LogP contribution in [0.4, 0.5) is 0 Å². The Hall–Kier alpha value is -3.74. The molecular weight excluding hydrogens is 570 g/mol. The van der Waals surface area contributed by atoms with Crippen molar-refractivity contribution in [1.82, 2.24) is 23.8 Å². The molecule has 3 aromatic heterocycles. The van der Waals surface area contributed by atoms with Crippen LogP contribution in [-0.4, -0.2) is 75.3 Å². The van der Waals surface area contributed by atoms with Gasteiger partial charge in [0.25, 0.3) is 5.56 Å². The maximum Gasteiger partial charge on any atom is 0.333 e. The largest absolute Gasteiger partial charge is 0.501 e. The molecule has 0 radical (unpaired) electrons. The van der Waals surface area contributed by atoms with Crippen LogP contribution in [-0.2, 0) is 31.1 Å². The van der Waals surface area contributed by atoms with Gasteiger partial charge in [0.1, 0.15) is 21.5 Å². The van der Waals surface area contributed by atoms with Gasteiger partial charge in [0, 0.05) is 49.8 Å². The maximum absolute atomic E-state index is 14.5. The highest BCUT2D eigenvalue weighted by molar-refractivity contribution is 7.21. The predicted molar refractivity (Wildman–Crippen MR) is 166 cm³/mol. The van der Waals surface area contributed by atoms with Crippen molar-refractivity contribution in [2.75, 3.05) is 33.4 Å². The van der Waals surface area contributed by atoms with E-state index in [9.17, 15) is 14.4 Å². The van der Waals surface area contributed by atoms with Crippen molar-refractivity contribution in [1.29, 1.82) is 0 Å². The Balaban J connectivity index is 1.74. The van der Waals surface area contributed by atoms with E-state index in [1.165, 1.54) is 11.3 Å². The third-order valence-corrected chi connectivity index (χ3v) is 9.55. The molecule has 43 heavy (non-hydrogen) atoms. The number of hydrogen-bond donors (Lipinski definition) is 0. The summed E-state index contributed by atoms with van der Waals surface area (Å²) in [4.78, 5) is 44.7. The van der Waals surface area contributed by atoms with Crippen LogP contribution < -0.4 is 11.2 Å². The van der Waals surface area contributed by atoms with Crippen LogP contribution in [0, 0.1) is 6.92 Å². The summed E-state index contributed by atoms with van der Waals surface area (Å²) < 4.78 is 22.1. The summed E-state index contributed by atoms with van der Waals surface area (Å²) in [5.74, 6) is 0.306. The van der Waals surface area contributed by atoms with Crippen molar-refractivity contribution >= 4 is 27.5 Å². The van der Waals surface area contributed by atoms with E-state index in [2.05, 4.69) is 11.7 Å². The van der Waals surface area contributed by atoms with Crippen molar-refractivity contribution in [3.63, 3.8) is 0 Å². The van der Waals surface area contributed by atoms with Gasteiger partial charge in [0.15, 0.2) is 0 Å². The van der Waals surface area contributed by atoms with Crippen LogP contribution >= 0.6 is 11.3 Å². The van der Waals surface area contributed by atoms with Crippen molar-refractivity contribution in [3.05, 3.63) is 81.0 Å². The second kappa shape index (κ2) is 12.5. The number of aryl methyl sites for hydroxylation is 1. The first kappa shape index (κ1) is 30.7. The van der Waals surface area contributed by atoms with Crippen molar-refractivity contribution < 1.29 is 19.0 Å². The lowest BCUT2D eigenvalue weighted by Gasteiger charge is -2.32. The molecule has 1 amide bonds. The lowest BCUT2D eigenvalue weighted by Crippen LogP contribution is -2.56. The number of thiophene rings is 1. The number of rotatable bonds is 10. The summed E-state index contributed by atoms with van der Waals surface area (Å²) >= 11 is 1.31. The molecule has 0 saturated carbocycles. The first-order valence-electron chi connectivity index (χ1n) is 14.4. The minimum Gasteiger partial charge on any atom is -0.501 e. The average Bonchev–Trinajstić information content (AvgIpc) is 3.77. The Kier molecular flexibility index (Phi) is 8.91. The third-order valence-electron chi connectivity index (χ3n) is 8.24. The molecule has 2 aliphatic rings. The quantitative estimate of drug-likeness (QED) is 0.197. The topological polar surface area (TPSA) is 110 Å². The second-order valence-electron chi connectivity index (χ2n) is 11.3. The molecule has 0 spiro atoms. The summed E-state index contributed by atoms with van der Waals surface area (Å²) in [6, 6.07) is 1.80. The molecule has 1 saturated heterocycles. The zero-order valence-electron chi connectivity index (χ0n) is 25.4. The zero-order chi connectivity index (χ0) is 30.9. The first-order chi connectivity index (χ1) is 20.6. The minimum absolute atomic E-state index is 0.0725. The lowest BCUT2D eigenvalue weighted by atomic mass is 10.0. The Labute approximate surface area is 254 Å². The van der Waals surface area contributed by atoms with Gasteiger partial charge in [-0.3, -0.25) is 14.2 Å². The fourth-order valence-electron chi connectivity index (χ4n) is 5.77. The molecule has 0 aromatic carbocycles. The fourth-order valence-corrected chi connectivity index (χ4v) is 7.01. The molecule has 11 nitrogen and oxygen atoms in total. The van der Waals surface area contributed by atoms with E-state index in [1.54, 1.807) is 59.6 Å². The molecule has 1 fully saturated rings. The van der Waals surface area contributed by atoms with E-state index in [4.69, 9.17) is 14.2 Å². The van der Waals surface area contributed by atoms with Gasteiger partial charge >= 0.3 is 5.69 Å². The highest BCUT2D eigenvalue weighted by atomic mass is 32.1. The normalized spacial score (nSPS) is 17.4. The monoisotopic (exact) mass is 609 g/mol. The van der Waals surface area contributed by atoms with Crippen molar-refractivity contribution in [3.8, 4) is 5.00 Å². The third kappa shape index (κ3) is 5.66. The van der Waals surface area contributed by atoms with Gasteiger partial charge in [0.2, 0.25) is 5.91 Å². The Morgan fingerprint density at radius 1 is 1.26 bits per heavy atom. The van der Waals surface area contributed by atoms with Crippen LogP contribution in [0.25, 0.3) is 15.2 Å². The number of allylic oxidation sites excluding steroid dienone is 1. The SMILES string of the molecule is C=C/C(=C(\C)OC)[C@H](Cn1c(=O)n(C(C)(C)C(=O)N2CC=CC2)c(=O)c2c(C)c(-n3cccn3)sc21)OC1CCOCC1. The highest BCUT2D eigenvalue weighted by Crippen LogP contribution is 2.32. The van der Waals surface area contributed by atoms with E-state index >= 15 is 0 Å². The number of nitrogens with zero attached hydrogens (tertiary/aromatic N) is 5. The van der Waals surface area contributed by atoms with E-state index in [0.29, 0.717) is 71.3 Å². The second-order valence-corrected chi connectivity index (χ2v) is 12.3. The number of fused-ring (bicyclic) bond motifs is 1. The number of methoxy groups -OCH3 is 1. The van der Waals surface area contributed by atoms with E-state index in [-0.39, 0.29) is 18.6 Å². The van der Waals surface area contributed by atoms with Gasteiger partial charge in [-0.2, -0.15) is 5.10 Å². The van der Waals surface area contributed by atoms with Crippen LogP contribution in [0.3, 0.4) is 0 Å². The van der Waals surface area contributed by atoms with E-state index in [1.807, 2.05) is 26.0 Å². The fraction of sp³-hybridized carbons (Fsp3) is 0.484. The van der Waals surface area contributed by atoms with Gasteiger partial charge < -0.3 is 19.1 Å². The summed E-state index contributed by atoms with van der Waals surface area (Å²) in [5.41, 5.74) is -1.17. The highest BCUT2D eigenvalue weighted by Gasteiger charge is 2.39. The van der Waals surface area contributed by atoms with Gasteiger partial charge in [-0.15, -0.1) is 0 Å². The first-order valence-corrected chi connectivity index (χ1v) is 15.3. The van der Waals surface area contributed by atoms with Crippen LogP contribution in [0.15, 0.2) is 64.2 Å². The van der Waals surface area contributed by atoms with Gasteiger partial charge in [-0.1, -0.05) is 36.1 Å².